The standard InChI is InChI=1S/C21H24N6O3/c1-13-12-18(24-21(29)22-11-10-14-6-8-15(30-2)9-7-14)27(26-13)20-23-17-5-3-4-16(17)19(28)25-20/h6-9,12H,3-5,10-11H2,1-2H3,(H2,22,24,29)(H,23,25,28). The number of anilines is 1. The number of methoxy groups -OCH3 is 1. The van der Waals surface area contributed by atoms with Gasteiger partial charge in [0.2, 0.25) is 5.95 Å². The molecule has 1 aliphatic rings. The highest BCUT2D eigenvalue weighted by atomic mass is 16.5. The zero-order chi connectivity index (χ0) is 21.1. The van der Waals surface area contributed by atoms with E-state index in [0.717, 1.165) is 41.8 Å². The first-order valence-corrected chi connectivity index (χ1v) is 9.90. The summed E-state index contributed by atoms with van der Waals surface area (Å²) in [6.45, 7) is 2.29. The molecule has 0 saturated carbocycles. The van der Waals surface area contributed by atoms with Crippen LogP contribution in [0.3, 0.4) is 0 Å². The van der Waals surface area contributed by atoms with Crippen LogP contribution in [0.15, 0.2) is 35.1 Å². The van der Waals surface area contributed by atoms with Gasteiger partial charge in [-0.05, 0) is 50.3 Å². The van der Waals surface area contributed by atoms with Crippen LogP contribution in [0.5, 0.6) is 5.75 Å². The number of aryl methyl sites for hydroxylation is 2. The Morgan fingerprint density at radius 1 is 1.27 bits per heavy atom. The van der Waals surface area contributed by atoms with Gasteiger partial charge in [0.25, 0.3) is 5.56 Å². The summed E-state index contributed by atoms with van der Waals surface area (Å²) >= 11 is 0. The third-order valence-electron chi connectivity index (χ3n) is 5.06. The van der Waals surface area contributed by atoms with Gasteiger partial charge in [-0.1, -0.05) is 12.1 Å². The van der Waals surface area contributed by atoms with E-state index in [-0.39, 0.29) is 11.6 Å². The van der Waals surface area contributed by atoms with E-state index in [1.54, 1.807) is 13.2 Å². The van der Waals surface area contributed by atoms with Crippen molar-refractivity contribution >= 4 is 11.8 Å². The predicted octanol–water partition coefficient (Wildman–Crippen LogP) is 2.13. The zero-order valence-corrected chi connectivity index (χ0v) is 17.0. The minimum atomic E-state index is -0.354. The molecule has 9 heteroatoms. The van der Waals surface area contributed by atoms with Gasteiger partial charge in [0.15, 0.2) is 0 Å². The fraction of sp³-hybridized carbons (Fsp3) is 0.333. The number of carbonyl (C=O) groups excluding carboxylic acids is 1. The highest BCUT2D eigenvalue weighted by Crippen LogP contribution is 2.19. The lowest BCUT2D eigenvalue weighted by Crippen LogP contribution is -2.31. The van der Waals surface area contributed by atoms with Crippen molar-refractivity contribution in [2.75, 3.05) is 19.0 Å². The van der Waals surface area contributed by atoms with Crippen molar-refractivity contribution in [1.29, 1.82) is 0 Å². The highest BCUT2D eigenvalue weighted by Gasteiger charge is 2.19. The Labute approximate surface area is 173 Å². The van der Waals surface area contributed by atoms with E-state index < -0.39 is 0 Å². The number of amides is 2. The molecule has 0 spiro atoms. The molecule has 30 heavy (non-hydrogen) atoms. The SMILES string of the molecule is COc1ccc(CCNC(=O)Nc2cc(C)nn2-c2nc3c(c(=O)[nH]2)CCC3)cc1. The van der Waals surface area contributed by atoms with E-state index in [1.165, 1.54) is 4.68 Å². The number of rotatable bonds is 6. The Kier molecular flexibility index (Phi) is 5.51. The predicted molar refractivity (Wildman–Crippen MR) is 112 cm³/mol. The Hall–Kier alpha value is -3.62. The van der Waals surface area contributed by atoms with Crippen molar-refractivity contribution < 1.29 is 9.53 Å². The molecule has 3 N–H and O–H groups in total. The van der Waals surface area contributed by atoms with E-state index in [0.29, 0.717) is 30.4 Å². The Bertz CT molecular complexity index is 1120. The van der Waals surface area contributed by atoms with Gasteiger partial charge in [-0.15, -0.1) is 0 Å². The maximum atomic E-state index is 12.4. The second kappa shape index (κ2) is 8.40. The molecule has 9 nitrogen and oxygen atoms in total. The quantitative estimate of drug-likeness (QED) is 0.578. The Balaban J connectivity index is 1.42. The van der Waals surface area contributed by atoms with Crippen molar-refractivity contribution in [3.8, 4) is 11.7 Å². The van der Waals surface area contributed by atoms with E-state index in [2.05, 4.69) is 25.7 Å². The lowest BCUT2D eigenvalue weighted by atomic mass is 10.1. The average Bonchev–Trinajstić information content (AvgIpc) is 3.35. The molecule has 0 radical (unpaired) electrons. The largest absolute Gasteiger partial charge is 0.497 e. The van der Waals surface area contributed by atoms with Gasteiger partial charge in [0.05, 0.1) is 18.5 Å². The number of aromatic amines is 1. The number of hydrogen-bond donors (Lipinski definition) is 3. The molecule has 156 valence electrons. The topological polar surface area (TPSA) is 114 Å². The van der Waals surface area contributed by atoms with Gasteiger partial charge in [0, 0.05) is 18.2 Å². The smallest absolute Gasteiger partial charge is 0.320 e. The van der Waals surface area contributed by atoms with Gasteiger partial charge in [-0.25, -0.2) is 9.78 Å². The second-order valence-electron chi connectivity index (χ2n) is 7.23. The Morgan fingerprint density at radius 2 is 2.07 bits per heavy atom. The van der Waals surface area contributed by atoms with Crippen molar-refractivity contribution in [1.82, 2.24) is 25.1 Å². The number of nitrogens with one attached hydrogen (secondary N) is 3. The number of nitrogens with zero attached hydrogens (tertiary/aromatic N) is 3. The van der Waals surface area contributed by atoms with Crippen LogP contribution >= 0.6 is 0 Å². The molecular weight excluding hydrogens is 384 g/mol. The van der Waals surface area contributed by atoms with Crippen molar-refractivity contribution in [3.05, 3.63) is 63.2 Å². The van der Waals surface area contributed by atoms with Gasteiger partial charge < -0.3 is 10.1 Å². The van der Waals surface area contributed by atoms with Crippen LogP contribution < -0.4 is 20.9 Å². The van der Waals surface area contributed by atoms with Gasteiger partial charge >= 0.3 is 6.03 Å². The zero-order valence-electron chi connectivity index (χ0n) is 17.0. The lowest BCUT2D eigenvalue weighted by molar-refractivity contribution is 0.252. The molecule has 0 fully saturated rings. The average molecular weight is 408 g/mol. The summed E-state index contributed by atoms with van der Waals surface area (Å²) in [4.78, 5) is 32.0. The molecule has 0 atom stereocenters. The first kappa shape index (κ1) is 19.7. The molecule has 0 saturated heterocycles. The lowest BCUT2D eigenvalue weighted by Gasteiger charge is -2.10. The number of ether oxygens (including phenoxy) is 1. The van der Waals surface area contributed by atoms with Crippen molar-refractivity contribution in [2.45, 2.75) is 32.6 Å². The maximum Gasteiger partial charge on any atom is 0.320 e. The first-order valence-electron chi connectivity index (χ1n) is 9.90. The van der Waals surface area contributed by atoms with Gasteiger partial charge in [0.1, 0.15) is 11.6 Å². The molecule has 2 heterocycles. The minimum Gasteiger partial charge on any atom is -0.497 e. The van der Waals surface area contributed by atoms with Crippen LogP contribution in [-0.4, -0.2) is 39.4 Å². The summed E-state index contributed by atoms with van der Waals surface area (Å²) in [5.41, 5.74) is 3.20. The summed E-state index contributed by atoms with van der Waals surface area (Å²) in [5.74, 6) is 1.55. The number of benzene rings is 1. The summed E-state index contributed by atoms with van der Waals surface area (Å²) in [6, 6.07) is 9.09. The number of H-pyrrole nitrogens is 1. The molecule has 4 rings (SSSR count). The molecule has 1 aliphatic carbocycles. The summed E-state index contributed by atoms with van der Waals surface area (Å²) < 4.78 is 6.60. The van der Waals surface area contributed by atoms with Gasteiger partial charge in [-0.2, -0.15) is 9.78 Å². The number of aromatic nitrogens is 4. The van der Waals surface area contributed by atoms with Crippen LogP contribution in [0.1, 0.15) is 28.9 Å². The molecule has 2 aromatic heterocycles. The summed E-state index contributed by atoms with van der Waals surface area (Å²) in [6.07, 6.45) is 3.14. The second-order valence-corrected chi connectivity index (χ2v) is 7.23. The van der Waals surface area contributed by atoms with Gasteiger partial charge in [-0.3, -0.25) is 15.1 Å². The third-order valence-corrected chi connectivity index (χ3v) is 5.06. The fourth-order valence-corrected chi connectivity index (χ4v) is 3.55. The normalized spacial score (nSPS) is 12.5. The molecule has 0 aliphatic heterocycles. The van der Waals surface area contributed by atoms with E-state index in [4.69, 9.17) is 4.74 Å². The number of fused-ring (bicyclic) bond motifs is 1. The first-order chi connectivity index (χ1) is 14.5. The highest BCUT2D eigenvalue weighted by molar-refractivity contribution is 5.88. The molecular formula is C21H24N6O3. The molecule has 2 amide bonds. The van der Waals surface area contributed by atoms with E-state index >= 15 is 0 Å². The van der Waals surface area contributed by atoms with Crippen LogP contribution in [0.2, 0.25) is 0 Å². The van der Waals surface area contributed by atoms with Crippen LogP contribution in [0.25, 0.3) is 5.95 Å². The molecule has 1 aromatic carbocycles. The van der Waals surface area contributed by atoms with E-state index in [9.17, 15) is 9.59 Å². The molecule has 3 aromatic rings. The van der Waals surface area contributed by atoms with Crippen molar-refractivity contribution in [3.63, 3.8) is 0 Å². The monoisotopic (exact) mass is 408 g/mol. The van der Waals surface area contributed by atoms with Crippen LogP contribution in [0.4, 0.5) is 10.6 Å². The summed E-state index contributed by atoms with van der Waals surface area (Å²) in [7, 11) is 1.63. The number of urea groups is 1. The van der Waals surface area contributed by atoms with Crippen molar-refractivity contribution in [2.24, 2.45) is 0 Å². The number of hydrogen-bond acceptors (Lipinski definition) is 5. The van der Waals surface area contributed by atoms with Crippen LogP contribution in [0, 0.1) is 6.92 Å². The number of carbonyl (C=O) groups is 1. The fourth-order valence-electron chi connectivity index (χ4n) is 3.55. The third kappa shape index (κ3) is 4.19. The summed E-state index contributed by atoms with van der Waals surface area (Å²) in [5, 5.41) is 10.00. The Morgan fingerprint density at radius 3 is 2.83 bits per heavy atom. The van der Waals surface area contributed by atoms with E-state index in [1.807, 2.05) is 31.2 Å². The molecule has 0 unspecified atom stereocenters. The maximum absolute atomic E-state index is 12.4. The minimum absolute atomic E-state index is 0.143. The molecule has 0 bridgehead atoms. The van der Waals surface area contributed by atoms with Crippen LogP contribution in [-0.2, 0) is 19.3 Å².